The third-order valence-electron chi connectivity index (χ3n) is 8.25. The lowest BCUT2D eigenvalue weighted by atomic mass is 9.59. The fourth-order valence-corrected chi connectivity index (χ4v) is 7.32. The van der Waals surface area contributed by atoms with Crippen LogP contribution in [0.15, 0.2) is 75.3 Å². The van der Waals surface area contributed by atoms with E-state index in [1.807, 2.05) is 18.2 Å². The molecule has 0 spiro atoms. The minimum Gasteiger partial charge on any atom is -0.503 e. The monoisotopic (exact) mass is 699 g/mol. The summed E-state index contributed by atoms with van der Waals surface area (Å²) in [6, 6.07) is 10.6. The summed E-state index contributed by atoms with van der Waals surface area (Å²) in [5.74, 6) is -3.08. The number of imide groups is 1. The molecule has 0 aromatic heterocycles. The first-order valence-corrected chi connectivity index (χ1v) is 14.4. The molecule has 7 nitrogen and oxygen atoms in total. The van der Waals surface area contributed by atoms with Crippen molar-refractivity contribution < 1.29 is 29.0 Å². The van der Waals surface area contributed by atoms with Gasteiger partial charge in [0.25, 0.3) is 0 Å². The van der Waals surface area contributed by atoms with Crippen LogP contribution in [0.4, 0.5) is 5.69 Å². The zero-order valence-corrected chi connectivity index (χ0v) is 24.8. The Labute approximate surface area is 246 Å². The minimum atomic E-state index is -0.648. The standard InChI is InChI=1S/C30H23BrINO6/c1-13-9-22(34)20-12-19-17(24(26(20)27(13)35)14-10-21(31)28(36)23(11-14)39-2)7-8-18-25(19)30(38)33(29(18)37)16-5-3-15(32)4-6-16/h3-7,9-11,18-19,24-25,36H,8,12H2,1-2H3/t18-,19+,24-,25-/m0/s1. The summed E-state index contributed by atoms with van der Waals surface area (Å²) in [4.78, 5) is 55.6. The Balaban J connectivity index is 1.51. The van der Waals surface area contributed by atoms with Gasteiger partial charge in [-0.1, -0.05) is 11.6 Å². The number of amides is 2. The van der Waals surface area contributed by atoms with Gasteiger partial charge in [0.15, 0.2) is 23.1 Å². The molecule has 1 fully saturated rings. The zero-order chi connectivity index (χ0) is 27.7. The molecule has 3 aliphatic carbocycles. The minimum absolute atomic E-state index is 0.0765. The molecule has 2 aromatic rings. The maximum absolute atomic E-state index is 13.9. The fraction of sp³-hybridized carbons (Fsp3) is 0.267. The Morgan fingerprint density at radius 2 is 1.77 bits per heavy atom. The Bertz CT molecular complexity index is 1590. The van der Waals surface area contributed by atoms with Crippen molar-refractivity contribution in [2.75, 3.05) is 12.0 Å². The number of anilines is 1. The van der Waals surface area contributed by atoms with Crippen LogP contribution in [0.5, 0.6) is 11.5 Å². The van der Waals surface area contributed by atoms with Gasteiger partial charge in [-0.3, -0.25) is 24.1 Å². The molecule has 2 aromatic carbocycles. The number of benzene rings is 2. The van der Waals surface area contributed by atoms with Crippen LogP contribution in [0.3, 0.4) is 0 Å². The first kappa shape index (κ1) is 26.2. The van der Waals surface area contributed by atoms with Crippen LogP contribution in [0.1, 0.15) is 31.2 Å². The molecular formula is C30H23BrINO6. The van der Waals surface area contributed by atoms with E-state index in [-0.39, 0.29) is 41.3 Å². The number of carbonyl (C=O) groups is 4. The number of hydrogen-bond donors (Lipinski definition) is 1. The number of carbonyl (C=O) groups excluding carboxylic acids is 4. The van der Waals surface area contributed by atoms with E-state index < -0.39 is 23.7 Å². The fourth-order valence-electron chi connectivity index (χ4n) is 6.50. The van der Waals surface area contributed by atoms with Crippen molar-refractivity contribution in [3.63, 3.8) is 0 Å². The van der Waals surface area contributed by atoms with Crippen LogP contribution in [0.25, 0.3) is 0 Å². The van der Waals surface area contributed by atoms with Crippen molar-refractivity contribution in [2.45, 2.75) is 25.7 Å². The van der Waals surface area contributed by atoms with Gasteiger partial charge >= 0.3 is 0 Å². The summed E-state index contributed by atoms with van der Waals surface area (Å²) in [5.41, 5.74) is 3.17. The van der Waals surface area contributed by atoms with E-state index in [1.54, 1.807) is 31.2 Å². The number of allylic oxidation sites excluding steroid dienone is 6. The number of phenolic OH excluding ortho intramolecular Hbond substituents is 1. The van der Waals surface area contributed by atoms with E-state index in [4.69, 9.17) is 4.74 Å². The first-order valence-electron chi connectivity index (χ1n) is 12.5. The van der Waals surface area contributed by atoms with Gasteiger partial charge in [-0.05, 0) is 112 Å². The van der Waals surface area contributed by atoms with Crippen molar-refractivity contribution in [3.05, 3.63) is 84.4 Å². The number of Topliss-reactive ketones (excluding diaryl/α,β-unsaturated/α-hetero) is 1. The van der Waals surface area contributed by atoms with Crippen LogP contribution < -0.4 is 9.64 Å². The molecule has 0 saturated carbocycles. The summed E-state index contributed by atoms with van der Waals surface area (Å²) in [6.45, 7) is 1.63. The number of methoxy groups -OCH3 is 1. The van der Waals surface area contributed by atoms with Crippen LogP contribution in [0.2, 0.25) is 0 Å². The number of aromatic hydroxyl groups is 1. The number of nitrogens with zero attached hydrogens (tertiary/aromatic N) is 1. The molecule has 0 bridgehead atoms. The number of phenols is 1. The third-order valence-corrected chi connectivity index (χ3v) is 9.58. The molecule has 1 aliphatic heterocycles. The van der Waals surface area contributed by atoms with Crippen molar-refractivity contribution >= 4 is 67.6 Å². The van der Waals surface area contributed by atoms with Crippen LogP contribution >= 0.6 is 38.5 Å². The lowest BCUT2D eigenvalue weighted by molar-refractivity contribution is -0.123. The van der Waals surface area contributed by atoms with Gasteiger partial charge in [0.1, 0.15) is 0 Å². The summed E-state index contributed by atoms with van der Waals surface area (Å²) in [5, 5.41) is 10.4. The van der Waals surface area contributed by atoms with Crippen molar-refractivity contribution in [1.29, 1.82) is 0 Å². The smallest absolute Gasteiger partial charge is 0.238 e. The van der Waals surface area contributed by atoms with E-state index >= 15 is 0 Å². The molecule has 1 N–H and O–H groups in total. The predicted octanol–water partition coefficient (Wildman–Crippen LogP) is 5.40. The largest absolute Gasteiger partial charge is 0.503 e. The molecule has 198 valence electrons. The highest BCUT2D eigenvalue weighted by atomic mass is 127. The quantitative estimate of drug-likeness (QED) is 0.199. The Hall–Kier alpha value is -3.05. The molecule has 39 heavy (non-hydrogen) atoms. The lowest BCUT2D eigenvalue weighted by Crippen LogP contribution is -2.39. The van der Waals surface area contributed by atoms with E-state index in [2.05, 4.69) is 38.5 Å². The predicted molar refractivity (Wildman–Crippen MR) is 155 cm³/mol. The van der Waals surface area contributed by atoms with Gasteiger partial charge in [-0.25, -0.2) is 0 Å². The molecule has 1 heterocycles. The second-order valence-electron chi connectivity index (χ2n) is 10.3. The second-order valence-corrected chi connectivity index (χ2v) is 12.4. The molecule has 9 heteroatoms. The zero-order valence-electron chi connectivity index (χ0n) is 21.0. The molecular weight excluding hydrogens is 677 g/mol. The van der Waals surface area contributed by atoms with Gasteiger partial charge in [-0.2, -0.15) is 0 Å². The highest BCUT2D eigenvalue weighted by Gasteiger charge is 2.56. The molecule has 0 radical (unpaired) electrons. The van der Waals surface area contributed by atoms with E-state index in [0.717, 1.165) is 9.14 Å². The summed E-state index contributed by atoms with van der Waals surface area (Å²) < 4.78 is 6.76. The average Bonchev–Trinajstić information content (AvgIpc) is 3.18. The molecule has 6 rings (SSSR count). The molecule has 0 unspecified atom stereocenters. The molecule has 4 aliphatic rings. The topological polar surface area (TPSA) is 101 Å². The van der Waals surface area contributed by atoms with Crippen molar-refractivity contribution in [3.8, 4) is 11.5 Å². The van der Waals surface area contributed by atoms with Crippen LogP contribution in [-0.4, -0.2) is 35.6 Å². The van der Waals surface area contributed by atoms with Gasteiger partial charge in [-0.15, -0.1) is 0 Å². The molecule has 1 saturated heterocycles. The Morgan fingerprint density at radius 3 is 2.46 bits per heavy atom. The SMILES string of the molecule is COc1cc([C@H]2C3=CC[C@@H]4C(=O)N(c5ccc(I)cc5)C(=O)[C@@H]4[C@@H]3CC3=C2C(=O)C(C)=CC3=O)cc(Br)c1O. The van der Waals surface area contributed by atoms with Crippen molar-refractivity contribution in [2.24, 2.45) is 17.8 Å². The number of hydrogen-bond acceptors (Lipinski definition) is 6. The van der Waals surface area contributed by atoms with E-state index in [9.17, 15) is 24.3 Å². The van der Waals surface area contributed by atoms with E-state index in [1.165, 1.54) is 18.1 Å². The summed E-state index contributed by atoms with van der Waals surface area (Å²) in [7, 11) is 1.44. The maximum atomic E-state index is 13.9. The van der Waals surface area contributed by atoms with Crippen molar-refractivity contribution in [1.82, 2.24) is 0 Å². The first-order chi connectivity index (χ1) is 18.6. The highest BCUT2D eigenvalue weighted by molar-refractivity contribution is 14.1. The number of ketones is 2. The summed E-state index contributed by atoms with van der Waals surface area (Å²) in [6.07, 6.45) is 3.90. The Morgan fingerprint density at radius 1 is 1.05 bits per heavy atom. The normalized spacial score (nSPS) is 26.2. The van der Waals surface area contributed by atoms with Gasteiger partial charge in [0, 0.05) is 26.2 Å². The van der Waals surface area contributed by atoms with Gasteiger partial charge in [0.05, 0.1) is 29.1 Å². The van der Waals surface area contributed by atoms with E-state index in [0.29, 0.717) is 38.9 Å². The Kier molecular flexibility index (Phi) is 6.41. The molecule has 2 amide bonds. The number of rotatable bonds is 3. The highest BCUT2D eigenvalue weighted by Crippen LogP contribution is 2.56. The number of fused-ring (bicyclic) bond motifs is 3. The lowest BCUT2D eigenvalue weighted by Gasteiger charge is -2.42. The second kappa shape index (κ2) is 9.55. The summed E-state index contributed by atoms with van der Waals surface area (Å²) >= 11 is 5.56. The van der Waals surface area contributed by atoms with Gasteiger partial charge in [0.2, 0.25) is 11.8 Å². The third kappa shape index (κ3) is 3.96. The number of ether oxygens (including phenoxy) is 1. The van der Waals surface area contributed by atoms with Gasteiger partial charge < -0.3 is 9.84 Å². The number of halogens is 2. The average molecular weight is 700 g/mol. The molecule has 4 atom stereocenters. The van der Waals surface area contributed by atoms with Crippen LogP contribution in [-0.2, 0) is 19.2 Å². The van der Waals surface area contributed by atoms with Crippen LogP contribution in [0, 0.1) is 21.3 Å². The maximum Gasteiger partial charge on any atom is 0.238 e.